The minimum Gasteiger partial charge on any atom is -0.473 e. The molecule has 3 unspecified atom stereocenters. The topological polar surface area (TPSA) is 88.4 Å². The number of ether oxygens (including phenoxy) is 2. The van der Waals surface area contributed by atoms with Crippen molar-refractivity contribution in [2.75, 3.05) is 19.8 Å². The molecule has 30 heavy (non-hydrogen) atoms. The first-order valence-corrected chi connectivity index (χ1v) is 11.9. The Kier molecular flexibility index (Phi) is 7.28. The van der Waals surface area contributed by atoms with Crippen molar-refractivity contribution in [1.82, 2.24) is 0 Å². The van der Waals surface area contributed by atoms with E-state index in [9.17, 15) is 4.21 Å². The van der Waals surface area contributed by atoms with Gasteiger partial charge in [-0.15, -0.1) is 3.98 Å². The number of rotatable bonds is 9. The van der Waals surface area contributed by atoms with Crippen LogP contribution in [0.1, 0.15) is 44.6 Å². The summed E-state index contributed by atoms with van der Waals surface area (Å²) in [7, 11) is -2.97. The summed E-state index contributed by atoms with van der Waals surface area (Å²) in [6.45, 7) is 5.65. The normalized spacial score (nSPS) is 20.6. The van der Waals surface area contributed by atoms with Gasteiger partial charge in [-0.2, -0.15) is 8.99 Å². The fourth-order valence-electron chi connectivity index (χ4n) is 3.56. The third-order valence-corrected chi connectivity index (χ3v) is 7.24. The van der Waals surface area contributed by atoms with Gasteiger partial charge in [-0.1, -0.05) is 30.3 Å². The highest BCUT2D eigenvalue weighted by molar-refractivity contribution is 7.86. The summed E-state index contributed by atoms with van der Waals surface area (Å²) in [5, 5.41) is 0. The van der Waals surface area contributed by atoms with Crippen LogP contribution in [-0.4, -0.2) is 39.9 Å². The van der Waals surface area contributed by atoms with Crippen LogP contribution in [0.3, 0.4) is 0 Å². The Hall–Kier alpha value is -2.22. The first-order valence-electron chi connectivity index (χ1n) is 10.4. The molecule has 162 valence electrons. The van der Waals surface area contributed by atoms with Crippen molar-refractivity contribution in [3.05, 3.63) is 60.2 Å². The third-order valence-electron chi connectivity index (χ3n) is 5.33. The summed E-state index contributed by atoms with van der Waals surface area (Å²) in [4.78, 5) is 0.551. The summed E-state index contributed by atoms with van der Waals surface area (Å²) in [5.74, 6) is 1.07. The van der Waals surface area contributed by atoms with Gasteiger partial charge in [-0.25, -0.2) is 0 Å². The molecule has 1 aliphatic heterocycles. The van der Waals surface area contributed by atoms with Gasteiger partial charge in [0.05, 0.1) is 6.61 Å². The van der Waals surface area contributed by atoms with E-state index in [2.05, 4.69) is 12.1 Å². The van der Waals surface area contributed by atoms with E-state index in [1.807, 2.05) is 50.4 Å². The summed E-state index contributed by atoms with van der Waals surface area (Å²) in [6.07, 6.45) is 4.14. The highest BCUT2D eigenvalue weighted by atomic mass is 32.2. The van der Waals surface area contributed by atoms with E-state index >= 15 is 0 Å². The Bertz CT molecular complexity index is 955. The highest BCUT2D eigenvalue weighted by Gasteiger charge is 2.29. The summed E-state index contributed by atoms with van der Waals surface area (Å²) < 4.78 is 34.3. The standard InChI is InChI=1S/C23H32N3O3S/c1-3-28-18-15-23(2,24)29-21-11-9-19(10-12-21)20-13-16-26(17-14-20)30(25,27)22-7-5-4-6-8-22/h4-12,16,20,25H,3,13-15,17-18,24H2,1-2H3/q+1. The molecular weight excluding hydrogens is 398 g/mol. The summed E-state index contributed by atoms with van der Waals surface area (Å²) >= 11 is 0. The molecule has 0 aromatic heterocycles. The number of benzene rings is 2. The van der Waals surface area contributed by atoms with Crippen molar-refractivity contribution in [3.63, 3.8) is 0 Å². The van der Waals surface area contributed by atoms with Crippen molar-refractivity contribution < 1.29 is 17.7 Å². The molecule has 2 aromatic rings. The lowest BCUT2D eigenvalue weighted by molar-refractivity contribution is -0.365. The molecule has 7 heteroatoms. The van der Waals surface area contributed by atoms with Gasteiger partial charge in [0, 0.05) is 25.9 Å². The molecule has 0 aliphatic carbocycles. The predicted molar refractivity (Wildman–Crippen MR) is 120 cm³/mol. The van der Waals surface area contributed by atoms with Crippen LogP contribution in [0.25, 0.3) is 0 Å². The average Bonchev–Trinajstić information content (AvgIpc) is 2.75. The molecule has 0 spiro atoms. The van der Waals surface area contributed by atoms with Gasteiger partial charge in [-0.05, 0) is 49.6 Å². The van der Waals surface area contributed by atoms with Gasteiger partial charge in [-0.3, -0.25) is 5.73 Å². The number of hydrogen-bond donors (Lipinski definition) is 2. The third kappa shape index (κ3) is 5.68. The minimum atomic E-state index is -2.97. The number of hydrogen-bond acceptors (Lipinski definition) is 5. The average molecular weight is 431 g/mol. The van der Waals surface area contributed by atoms with Gasteiger partial charge in [0.15, 0.2) is 18.5 Å². The van der Waals surface area contributed by atoms with Crippen LogP contribution in [0.4, 0.5) is 0 Å². The number of nitrogens with two attached hydrogens (primary N) is 1. The SMILES string of the molecule is CCOCCC(C)(N)Oc1ccc(C2CC=[N+](S(=N)(=O)c3ccccc3)CC2)cc1. The molecular formula is C23H32N3O3S+. The van der Waals surface area contributed by atoms with E-state index in [1.54, 1.807) is 16.1 Å². The van der Waals surface area contributed by atoms with Gasteiger partial charge in [0.1, 0.15) is 10.6 Å². The van der Waals surface area contributed by atoms with Crippen molar-refractivity contribution >= 4 is 16.1 Å². The zero-order chi connectivity index (χ0) is 21.6. The largest absolute Gasteiger partial charge is 0.473 e. The maximum atomic E-state index is 13.0. The Labute approximate surface area is 179 Å². The molecule has 1 aliphatic rings. The van der Waals surface area contributed by atoms with Gasteiger partial charge in [0.25, 0.3) is 9.92 Å². The highest BCUT2D eigenvalue weighted by Crippen LogP contribution is 2.29. The van der Waals surface area contributed by atoms with Crippen LogP contribution in [0, 0.1) is 4.78 Å². The summed E-state index contributed by atoms with van der Waals surface area (Å²) in [6, 6.07) is 17.1. The maximum Gasteiger partial charge on any atom is 0.290 e. The summed E-state index contributed by atoms with van der Waals surface area (Å²) in [5.41, 5.74) is 6.65. The van der Waals surface area contributed by atoms with Crippen molar-refractivity contribution in [1.29, 1.82) is 4.78 Å². The zero-order valence-electron chi connectivity index (χ0n) is 17.8. The van der Waals surface area contributed by atoms with E-state index in [1.165, 1.54) is 5.56 Å². The Balaban J connectivity index is 1.62. The van der Waals surface area contributed by atoms with Crippen LogP contribution in [0.5, 0.6) is 5.75 Å². The van der Waals surface area contributed by atoms with Gasteiger partial charge < -0.3 is 9.47 Å². The van der Waals surface area contributed by atoms with E-state index in [0.717, 1.165) is 18.6 Å². The van der Waals surface area contributed by atoms with Crippen LogP contribution >= 0.6 is 0 Å². The lowest BCUT2D eigenvalue weighted by atomic mass is 9.91. The number of nitrogens with one attached hydrogen (secondary N) is 1. The minimum absolute atomic E-state index is 0.337. The monoisotopic (exact) mass is 430 g/mol. The lowest BCUT2D eigenvalue weighted by Crippen LogP contribution is -2.43. The molecule has 3 N–H and O–H groups in total. The first kappa shape index (κ1) is 22.5. The molecule has 0 bridgehead atoms. The molecule has 3 atom stereocenters. The maximum absolute atomic E-state index is 13.0. The number of nitrogens with zero attached hydrogens (tertiary/aromatic N) is 1. The second-order valence-electron chi connectivity index (χ2n) is 7.81. The second-order valence-corrected chi connectivity index (χ2v) is 9.81. The molecule has 6 nitrogen and oxygen atoms in total. The fraction of sp³-hybridized carbons (Fsp3) is 0.435. The molecule has 0 saturated heterocycles. The lowest BCUT2D eigenvalue weighted by Gasteiger charge is -2.26. The Morgan fingerprint density at radius 2 is 1.90 bits per heavy atom. The molecule has 1 heterocycles. The van der Waals surface area contributed by atoms with Crippen LogP contribution in [0.2, 0.25) is 0 Å². The van der Waals surface area contributed by atoms with Crippen molar-refractivity contribution in [2.24, 2.45) is 5.73 Å². The Morgan fingerprint density at radius 1 is 1.20 bits per heavy atom. The van der Waals surface area contributed by atoms with Crippen molar-refractivity contribution in [3.8, 4) is 5.75 Å². The quantitative estimate of drug-likeness (QED) is 0.355. The van der Waals surface area contributed by atoms with Crippen LogP contribution in [-0.2, 0) is 14.7 Å². The second kappa shape index (κ2) is 9.73. The Morgan fingerprint density at radius 3 is 2.50 bits per heavy atom. The molecule has 0 fully saturated rings. The van der Waals surface area contributed by atoms with Gasteiger partial charge >= 0.3 is 0 Å². The van der Waals surface area contributed by atoms with E-state index in [0.29, 0.717) is 37.0 Å². The molecule has 0 radical (unpaired) electrons. The fourth-order valence-corrected chi connectivity index (χ4v) is 5.02. The first-order chi connectivity index (χ1) is 14.3. The van der Waals surface area contributed by atoms with Gasteiger partial charge in [0.2, 0.25) is 0 Å². The predicted octanol–water partition coefficient (Wildman–Crippen LogP) is 4.15. The molecule has 2 aromatic carbocycles. The molecule has 0 saturated carbocycles. The van der Waals surface area contributed by atoms with E-state index < -0.39 is 15.6 Å². The molecule has 3 rings (SSSR count). The van der Waals surface area contributed by atoms with E-state index in [4.69, 9.17) is 20.0 Å². The van der Waals surface area contributed by atoms with E-state index in [-0.39, 0.29) is 0 Å². The molecule has 0 amide bonds. The zero-order valence-corrected chi connectivity index (χ0v) is 18.6. The van der Waals surface area contributed by atoms with Crippen molar-refractivity contribution in [2.45, 2.75) is 49.6 Å². The van der Waals surface area contributed by atoms with Crippen LogP contribution in [0.15, 0.2) is 59.5 Å². The van der Waals surface area contributed by atoms with Crippen LogP contribution < -0.4 is 10.5 Å². The smallest absolute Gasteiger partial charge is 0.290 e.